The molecule has 1 heterocycles. The summed E-state index contributed by atoms with van der Waals surface area (Å²) < 4.78 is 18.7. The van der Waals surface area contributed by atoms with Crippen molar-refractivity contribution in [1.82, 2.24) is 4.98 Å². The lowest BCUT2D eigenvalue weighted by Gasteiger charge is -2.07. The number of nitrogens with zero attached hydrogens (tertiary/aromatic N) is 1. The maximum Gasteiger partial charge on any atom is 0.335 e. The molecule has 1 N–H and O–H groups in total. The van der Waals surface area contributed by atoms with E-state index < -0.39 is 5.97 Å². The van der Waals surface area contributed by atoms with Crippen LogP contribution in [-0.4, -0.2) is 16.1 Å². The van der Waals surface area contributed by atoms with Crippen LogP contribution in [0, 0.1) is 19.7 Å². The van der Waals surface area contributed by atoms with Gasteiger partial charge < -0.3 is 9.84 Å². The van der Waals surface area contributed by atoms with Crippen LogP contribution in [0.25, 0.3) is 0 Å². The molecule has 1 aromatic carbocycles. The number of carbonyl (C=O) groups is 1. The maximum atomic E-state index is 13.4. The number of carboxylic acids is 1. The van der Waals surface area contributed by atoms with Gasteiger partial charge in [0.05, 0.1) is 5.56 Å². The molecule has 0 amide bonds. The summed E-state index contributed by atoms with van der Waals surface area (Å²) in [5.41, 5.74) is 1.10. The SMILES string of the molecule is Cc1cc(C(=O)O)cc(Oc2ccc(C)c(F)c2)n1. The Morgan fingerprint density at radius 1 is 1.26 bits per heavy atom. The van der Waals surface area contributed by atoms with Crippen LogP contribution in [0.1, 0.15) is 21.6 Å². The lowest BCUT2D eigenvalue weighted by Crippen LogP contribution is -2.00. The van der Waals surface area contributed by atoms with Gasteiger partial charge in [0.25, 0.3) is 0 Å². The Morgan fingerprint density at radius 2 is 2.00 bits per heavy atom. The Balaban J connectivity index is 2.32. The van der Waals surface area contributed by atoms with Crippen molar-refractivity contribution in [2.45, 2.75) is 13.8 Å². The summed E-state index contributed by atoms with van der Waals surface area (Å²) in [5.74, 6) is -1.05. The molecule has 2 rings (SSSR count). The van der Waals surface area contributed by atoms with Gasteiger partial charge >= 0.3 is 5.97 Å². The average Bonchev–Trinajstić information content (AvgIpc) is 2.33. The van der Waals surface area contributed by atoms with Crippen molar-refractivity contribution in [2.75, 3.05) is 0 Å². The standard InChI is InChI=1S/C14H12FNO3/c1-8-3-4-11(7-12(8)15)19-13-6-10(14(17)18)5-9(2)16-13/h3-7H,1-2H3,(H,17,18). The molecule has 4 nitrogen and oxygen atoms in total. The second-order valence-corrected chi connectivity index (χ2v) is 4.15. The predicted octanol–water partition coefficient (Wildman–Crippen LogP) is 3.33. The third-order valence-corrected chi connectivity index (χ3v) is 2.54. The van der Waals surface area contributed by atoms with E-state index in [1.807, 2.05) is 0 Å². The molecule has 0 aliphatic rings. The number of hydrogen-bond acceptors (Lipinski definition) is 3. The number of aryl methyl sites for hydroxylation is 2. The minimum Gasteiger partial charge on any atom is -0.478 e. The average molecular weight is 261 g/mol. The molecule has 0 atom stereocenters. The van der Waals surface area contributed by atoms with E-state index in [-0.39, 0.29) is 23.0 Å². The van der Waals surface area contributed by atoms with E-state index in [2.05, 4.69) is 4.98 Å². The van der Waals surface area contributed by atoms with Crippen LogP contribution in [0.4, 0.5) is 4.39 Å². The fraction of sp³-hybridized carbons (Fsp3) is 0.143. The number of pyridine rings is 1. The maximum absolute atomic E-state index is 13.4. The Morgan fingerprint density at radius 3 is 2.63 bits per heavy atom. The molecule has 0 radical (unpaired) electrons. The predicted molar refractivity (Wildman–Crippen MR) is 67.1 cm³/mol. The largest absolute Gasteiger partial charge is 0.478 e. The molecule has 0 fully saturated rings. The zero-order chi connectivity index (χ0) is 14.0. The lowest BCUT2D eigenvalue weighted by atomic mass is 10.2. The highest BCUT2D eigenvalue weighted by molar-refractivity contribution is 5.88. The molecule has 19 heavy (non-hydrogen) atoms. The molecule has 1 aromatic heterocycles. The summed E-state index contributed by atoms with van der Waals surface area (Å²) in [4.78, 5) is 15.0. The molecule has 5 heteroatoms. The first-order valence-corrected chi connectivity index (χ1v) is 5.61. The third kappa shape index (κ3) is 3.07. The van der Waals surface area contributed by atoms with Gasteiger partial charge in [-0.2, -0.15) is 0 Å². The van der Waals surface area contributed by atoms with Gasteiger partial charge in [-0.3, -0.25) is 0 Å². The van der Waals surface area contributed by atoms with Crippen molar-refractivity contribution in [3.63, 3.8) is 0 Å². The zero-order valence-corrected chi connectivity index (χ0v) is 10.5. The fourth-order valence-corrected chi connectivity index (χ4v) is 1.57. The Bertz CT molecular complexity index is 641. The first-order valence-electron chi connectivity index (χ1n) is 5.61. The van der Waals surface area contributed by atoms with Gasteiger partial charge in [0.1, 0.15) is 11.6 Å². The van der Waals surface area contributed by atoms with Crippen LogP contribution in [0.2, 0.25) is 0 Å². The van der Waals surface area contributed by atoms with Gasteiger partial charge in [-0.25, -0.2) is 14.2 Å². The van der Waals surface area contributed by atoms with Crippen LogP contribution in [0.15, 0.2) is 30.3 Å². The minimum absolute atomic E-state index is 0.0788. The van der Waals surface area contributed by atoms with Crippen molar-refractivity contribution in [2.24, 2.45) is 0 Å². The molecule has 0 saturated heterocycles. The lowest BCUT2D eigenvalue weighted by molar-refractivity contribution is 0.0696. The zero-order valence-electron chi connectivity index (χ0n) is 10.5. The molecule has 0 bridgehead atoms. The molecule has 0 saturated carbocycles. The summed E-state index contributed by atoms with van der Waals surface area (Å²) in [7, 11) is 0. The number of halogens is 1. The normalized spacial score (nSPS) is 10.3. The highest BCUT2D eigenvalue weighted by atomic mass is 19.1. The fourth-order valence-electron chi connectivity index (χ4n) is 1.57. The van der Waals surface area contributed by atoms with Crippen LogP contribution >= 0.6 is 0 Å². The number of aromatic carboxylic acids is 1. The minimum atomic E-state index is -1.06. The van der Waals surface area contributed by atoms with E-state index in [0.717, 1.165) is 0 Å². The van der Waals surface area contributed by atoms with Crippen LogP contribution in [0.3, 0.4) is 0 Å². The third-order valence-electron chi connectivity index (χ3n) is 2.54. The Labute approximate surface area is 109 Å². The van der Waals surface area contributed by atoms with Crippen molar-refractivity contribution in [3.05, 3.63) is 53.0 Å². The number of ether oxygens (including phenoxy) is 1. The number of aromatic nitrogens is 1. The van der Waals surface area contributed by atoms with E-state index >= 15 is 0 Å². The second-order valence-electron chi connectivity index (χ2n) is 4.15. The quantitative estimate of drug-likeness (QED) is 0.920. The molecule has 0 spiro atoms. The first kappa shape index (κ1) is 13.0. The van der Waals surface area contributed by atoms with E-state index in [0.29, 0.717) is 11.3 Å². The Hall–Kier alpha value is -2.43. The number of benzene rings is 1. The van der Waals surface area contributed by atoms with Crippen molar-refractivity contribution < 1.29 is 19.0 Å². The van der Waals surface area contributed by atoms with Gasteiger partial charge in [-0.1, -0.05) is 6.07 Å². The first-order chi connectivity index (χ1) is 8.95. The molecule has 0 unspecified atom stereocenters. The summed E-state index contributed by atoms with van der Waals surface area (Å²) in [6.07, 6.45) is 0. The van der Waals surface area contributed by atoms with Crippen LogP contribution in [0.5, 0.6) is 11.6 Å². The summed E-state index contributed by atoms with van der Waals surface area (Å²) >= 11 is 0. The highest BCUT2D eigenvalue weighted by Gasteiger charge is 2.09. The molecular formula is C14H12FNO3. The summed E-state index contributed by atoms with van der Waals surface area (Å²) in [6.45, 7) is 3.31. The molecule has 0 aliphatic heterocycles. The molecule has 0 aliphatic carbocycles. The molecular weight excluding hydrogens is 249 g/mol. The van der Waals surface area contributed by atoms with Crippen molar-refractivity contribution >= 4 is 5.97 Å². The van der Waals surface area contributed by atoms with Crippen molar-refractivity contribution in [1.29, 1.82) is 0 Å². The van der Waals surface area contributed by atoms with E-state index in [4.69, 9.17) is 9.84 Å². The van der Waals surface area contributed by atoms with Gasteiger partial charge in [0.15, 0.2) is 0 Å². The van der Waals surface area contributed by atoms with Gasteiger partial charge in [-0.05, 0) is 31.5 Å². The summed E-state index contributed by atoms with van der Waals surface area (Å²) in [5, 5.41) is 8.94. The number of hydrogen-bond donors (Lipinski definition) is 1. The van der Waals surface area contributed by atoms with Gasteiger partial charge in [-0.15, -0.1) is 0 Å². The molecule has 2 aromatic rings. The number of carboxylic acid groups (broad SMARTS) is 1. The van der Waals surface area contributed by atoms with Crippen molar-refractivity contribution in [3.8, 4) is 11.6 Å². The van der Waals surface area contributed by atoms with Crippen LogP contribution < -0.4 is 4.74 Å². The van der Waals surface area contributed by atoms with Gasteiger partial charge in [0.2, 0.25) is 5.88 Å². The van der Waals surface area contributed by atoms with Gasteiger partial charge in [0, 0.05) is 17.8 Å². The summed E-state index contributed by atoms with van der Waals surface area (Å²) in [6, 6.07) is 7.15. The topological polar surface area (TPSA) is 59.4 Å². The van der Waals surface area contributed by atoms with E-state index in [1.165, 1.54) is 18.2 Å². The highest BCUT2D eigenvalue weighted by Crippen LogP contribution is 2.23. The van der Waals surface area contributed by atoms with E-state index in [1.54, 1.807) is 26.0 Å². The number of rotatable bonds is 3. The molecule has 98 valence electrons. The Kier molecular flexibility index (Phi) is 3.46. The monoisotopic (exact) mass is 261 g/mol. The van der Waals surface area contributed by atoms with E-state index in [9.17, 15) is 9.18 Å². The van der Waals surface area contributed by atoms with Crippen LogP contribution in [-0.2, 0) is 0 Å². The second kappa shape index (κ2) is 5.06. The smallest absolute Gasteiger partial charge is 0.335 e.